The van der Waals surface area contributed by atoms with Crippen molar-refractivity contribution in [3.8, 4) is 0 Å². The van der Waals surface area contributed by atoms with Crippen molar-refractivity contribution in [2.45, 2.75) is 32.6 Å². The lowest BCUT2D eigenvalue weighted by Gasteiger charge is -2.41. The van der Waals surface area contributed by atoms with Gasteiger partial charge in [-0.3, -0.25) is 0 Å². The van der Waals surface area contributed by atoms with Crippen molar-refractivity contribution in [3.63, 3.8) is 0 Å². The van der Waals surface area contributed by atoms with Crippen LogP contribution in [0.5, 0.6) is 0 Å². The van der Waals surface area contributed by atoms with E-state index >= 15 is 0 Å². The van der Waals surface area contributed by atoms with E-state index in [-0.39, 0.29) is 5.92 Å². The lowest BCUT2D eigenvalue weighted by atomic mass is 9.85. The molecular weight excluding hydrogens is 510 g/mol. The minimum Gasteiger partial charge on any atom is -0.398 e. The summed E-state index contributed by atoms with van der Waals surface area (Å²) in [6.07, 6.45) is 0. The van der Waals surface area contributed by atoms with Gasteiger partial charge in [0.15, 0.2) is 0 Å². The third kappa shape index (κ3) is 5.73. The van der Waals surface area contributed by atoms with Gasteiger partial charge in [0, 0.05) is 17.2 Å². The second kappa shape index (κ2) is 12.7. The number of benzene rings is 5. The van der Waals surface area contributed by atoms with E-state index in [2.05, 4.69) is 128 Å². The molecule has 0 fully saturated rings. The molecule has 0 saturated heterocycles. The average Bonchev–Trinajstić information content (AvgIpc) is 3.04. The van der Waals surface area contributed by atoms with Crippen LogP contribution in [0.4, 0.5) is 17.1 Å². The molecule has 5 aromatic rings. The molecule has 5 rings (SSSR count). The average molecular weight is 550 g/mol. The molecule has 0 aromatic heterocycles. The fourth-order valence-electron chi connectivity index (χ4n) is 5.58. The Bertz CT molecular complexity index is 1660. The highest BCUT2D eigenvalue weighted by molar-refractivity contribution is 5.91. The van der Waals surface area contributed by atoms with E-state index in [9.17, 15) is 0 Å². The van der Waals surface area contributed by atoms with Gasteiger partial charge in [0.2, 0.25) is 0 Å². The Morgan fingerprint density at radius 3 is 1.55 bits per heavy atom. The van der Waals surface area contributed by atoms with Crippen LogP contribution in [-0.2, 0) is 0 Å². The first-order valence-electron chi connectivity index (χ1n) is 14.5. The predicted molar refractivity (Wildman–Crippen MR) is 181 cm³/mol. The largest absolute Gasteiger partial charge is 0.398 e. The van der Waals surface area contributed by atoms with E-state index in [4.69, 9.17) is 12.3 Å². The van der Waals surface area contributed by atoms with Crippen LogP contribution in [-0.4, -0.2) is 0 Å². The Hall–Kier alpha value is -5.02. The molecule has 2 N–H and O–H groups in total. The third-order valence-corrected chi connectivity index (χ3v) is 7.82. The van der Waals surface area contributed by atoms with Gasteiger partial charge in [0.1, 0.15) is 0 Å². The van der Waals surface area contributed by atoms with Crippen molar-refractivity contribution in [3.05, 3.63) is 174 Å². The van der Waals surface area contributed by atoms with Gasteiger partial charge in [-0.25, -0.2) is 10.0 Å². The zero-order valence-corrected chi connectivity index (χ0v) is 24.7. The van der Waals surface area contributed by atoms with E-state index in [1.165, 1.54) is 5.56 Å². The van der Waals surface area contributed by atoms with Gasteiger partial charge in [0.25, 0.3) is 0 Å². The lowest BCUT2D eigenvalue weighted by Crippen LogP contribution is -2.40. The van der Waals surface area contributed by atoms with E-state index < -0.39 is 0 Å². The van der Waals surface area contributed by atoms with E-state index in [0.29, 0.717) is 5.92 Å². The zero-order chi connectivity index (χ0) is 29.6. The number of hydrazine groups is 1. The second-order valence-corrected chi connectivity index (χ2v) is 10.9. The maximum Gasteiger partial charge on any atom is 0.0640 e. The fraction of sp³-hybridized carbons (Fsp3) is 0.128. The molecule has 0 aliphatic heterocycles. The number of hydrogen-bond acceptors (Lipinski definition) is 3. The summed E-state index contributed by atoms with van der Waals surface area (Å²) in [6, 6.07) is 45.9. The number of nitrogens with two attached hydrogens (primary N) is 1. The van der Waals surface area contributed by atoms with Crippen molar-refractivity contribution in [2.24, 2.45) is 0 Å². The topological polar surface area (TPSA) is 32.5 Å². The second-order valence-electron chi connectivity index (χ2n) is 10.9. The molecule has 1 unspecified atom stereocenters. The van der Waals surface area contributed by atoms with Gasteiger partial charge in [-0.05, 0) is 52.4 Å². The summed E-state index contributed by atoms with van der Waals surface area (Å²) in [4.78, 5) is 0. The van der Waals surface area contributed by atoms with Gasteiger partial charge in [-0.15, -0.1) is 0 Å². The molecule has 0 amide bonds. The summed E-state index contributed by atoms with van der Waals surface area (Å²) >= 11 is 0. The molecule has 0 bridgehead atoms. The molecular formula is C39H39N3. The normalized spacial score (nSPS) is 11.6. The van der Waals surface area contributed by atoms with Crippen LogP contribution in [0.3, 0.4) is 0 Å². The minimum absolute atomic E-state index is 0.0526. The molecule has 0 heterocycles. The fourth-order valence-corrected chi connectivity index (χ4v) is 5.58. The highest BCUT2D eigenvalue weighted by Gasteiger charge is 2.27. The monoisotopic (exact) mass is 549 g/mol. The third-order valence-electron chi connectivity index (χ3n) is 7.82. The van der Waals surface area contributed by atoms with Gasteiger partial charge in [-0.1, -0.05) is 143 Å². The van der Waals surface area contributed by atoms with Gasteiger partial charge >= 0.3 is 0 Å². The summed E-state index contributed by atoms with van der Waals surface area (Å²) in [5.74, 6) is 0.399. The van der Waals surface area contributed by atoms with Crippen LogP contribution in [0.2, 0.25) is 0 Å². The minimum atomic E-state index is 0.0526. The van der Waals surface area contributed by atoms with Gasteiger partial charge < -0.3 is 5.73 Å². The quantitative estimate of drug-likeness (QED) is 0.139. The molecule has 0 saturated carbocycles. The van der Waals surface area contributed by atoms with Gasteiger partial charge in [-0.2, -0.15) is 0 Å². The van der Waals surface area contributed by atoms with Crippen molar-refractivity contribution < 1.29 is 0 Å². The lowest BCUT2D eigenvalue weighted by molar-refractivity contribution is 0.855. The summed E-state index contributed by atoms with van der Waals surface area (Å²) < 4.78 is 0. The molecule has 0 radical (unpaired) electrons. The molecule has 1 atom stereocenters. The molecule has 210 valence electrons. The summed E-state index contributed by atoms with van der Waals surface area (Å²) in [7, 11) is 0. The maximum atomic E-state index is 6.78. The molecule has 3 nitrogen and oxygen atoms in total. The standard InChI is InChI=1S/C39H39N3/c1-28(2)35-26-17-27-37(39(35)40)29(3)36-24-15-16-25-38(36)31(5)42(34-22-13-8-14-23-34)41(33-20-11-7-12-21-33)30(4)32-18-9-6-10-19-32/h6-29H,4-5,40H2,1-3H3. The number of hydrogen-bond donors (Lipinski definition) is 1. The molecule has 42 heavy (non-hydrogen) atoms. The van der Waals surface area contributed by atoms with Crippen LogP contribution in [0.25, 0.3) is 11.4 Å². The molecule has 0 aliphatic carbocycles. The molecule has 5 aromatic carbocycles. The number of para-hydroxylation sites is 3. The number of anilines is 3. The Labute approximate surface area is 250 Å². The van der Waals surface area contributed by atoms with Gasteiger partial charge in [0.05, 0.1) is 22.8 Å². The Balaban J connectivity index is 1.67. The predicted octanol–water partition coefficient (Wildman–Crippen LogP) is 10.1. The summed E-state index contributed by atoms with van der Waals surface area (Å²) in [5, 5.41) is 4.33. The van der Waals surface area contributed by atoms with Crippen LogP contribution in [0, 0.1) is 0 Å². The highest BCUT2D eigenvalue weighted by Crippen LogP contribution is 2.40. The van der Waals surface area contributed by atoms with Crippen molar-refractivity contribution in [1.82, 2.24) is 0 Å². The summed E-state index contributed by atoms with van der Waals surface area (Å²) in [5.41, 5.74) is 16.8. The number of nitrogens with zero attached hydrogens (tertiary/aromatic N) is 2. The van der Waals surface area contributed by atoms with Crippen molar-refractivity contribution >= 4 is 28.5 Å². The Kier molecular flexibility index (Phi) is 8.59. The SMILES string of the molecule is C=C(c1ccccc1)N(c1ccccc1)N(C(=C)c1ccccc1C(C)c1cccc(C(C)C)c1N)c1ccccc1. The summed E-state index contributed by atoms with van der Waals surface area (Å²) in [6.45, 7) is 15.9. The molecule has 0 aliphatic rings. The van der Waals surface area contributed by atoms with Crippen LogP contribution >= 0.6 is 0 Å². The molecule has 0 spiro atoms. The number of rotatable bonds is 10. The first-order chi connectivity index (χ1) is 20.4. The zero-order valence-electron chi connectivity index (χ0n) is 24.7. The van der Waals surface area contributed by atoms with Crippen molar-refractivity contribution in [2.75, 3.05) is 15.8 Å². The van der Waals surface area contributed by atoms with Crippen LogP contribution in [0.15, 0.2) is 147 Å². The van der Waals surface area contributed by atoms with E-state index in [0.717, 1.165) is 50.7 Å². The van der Waals surface area contributed by atoms with Crippen LogP contribution < -0.4 is 15.8 Å². The first kappa shape index (κ1) is 28.5. The Morgan fingerprint density at radius 2 is 0.976 bits per heavy atom. The number of nitrogen functional groups attached to an aromatic ring is 1. The maximum absolute atomic E-state index is 6.78. The first-order valence-corrected chi connectivity index (χ1v) is 14.5. The van der Waals surface area contributed by atoms with Crippen LogP contribution in [0.1, 0.15) is 60.4 Å². The van der Waals surface area contributed by atoms with Crippen molar-refractivity contribution in [1.29, 1.82) is 0 Å². The van der Waals surface area contributed by atoms with E-state index in [1.807, 2.05) is 42.5 Å². The smallest absolute Gasteiger partial charge is 0.0640 e. The molecule has 3 heteroatoms. The highest BCUT2D eigenvalue weighted by atomic mass is 15.6. The Morgan fingerprint density at radius 1 is 0.524 bits per heavy atom. The van der Waals surface area contributed by atoms with E-state index in [1.54, 1.807) is 0 Å².